The van der Waals surface area contributed by atoms with Crippen LogP contribution in [-0.2, 0) is 0 Å². The lowest BCUT2D eigenvalue weighted by Gasteiger charge is -2.17. The molecule has 1 heterocycles. The summed E-state index contributed by atoms with van der Waals surface area (Å²) in [5, 5.41) is 0.335. The maximum Gasteiger partial charge on any atom is 0.415 e. The molecule has 3 aromatic rings. The quantitative estimate of drug-likeness (QED) is 0.555. The third kappa shape index (κ3) is 4.14. The van der Waals surface area contributed by atoms with E-state index in [2.05, 4.69) is 15.9 Å². The van der Waals surface area contributed by atoms with Gasteiger partial charge < -0.3 is 18.8 Å². The van der Waals surface area contributed by atoms with Crippen molar-refractivity contribution in [2.24, 2.45) is 0 Å². The number of nitrogens with zero attached hydrogens (tertiary/aromatic N) is 1. The van der Waals surface area contributed by atoms with Gasteiger partial charge in [0, 0.05) is 19.2 Å². The molecule has 2 aromatic carbocycles. The Morgan fingerprint density at radius 1 is 1.11 bits per heavy atom. The molecule has 27 heavy (non-hydrogen) atoms. The summed E-state index contributed by atoms with van der Waals surface area (Å²) in [4.78, 5) is 26.3. The number of hydrogen-bond acceptors (Lipinski definition) is 5. The van der Waals surface area contributed by atoms with E-state index in [1.165, 1.54) is 12.3 Å². The zero-order valence-electron chi connectivity index (χ0n) is 14.9. The lowest BCUT2D eigenvalue weighted by Crippen LogP contribution is -2.33. The molecule has 0 bridgehead atoms. The fourth-order valence-electron chi connectivity index (χ4n) is 2.52. The van der Waals surface area contributed by atoms with Gasteiger partial charge in [0.15, 0.2) is 0 Å². The molecule has 0 aliphatic carbocycles. The van der Waals surface area contributed by atoms with E-state index in [1.807, 2.05) is 26.0 Å². The van der Waals surface area contributed by atoms with E-state index in [-0.39, 0.29) is 11.2 Å². The van der Waals surface area contributed by atoms with Crippen LogP contribution < -0.4 is 14.9 Å². The van der Waals surface area contributed by atoms with Crippen molar-refractivity contribution in [2.45, 2.75) is 13.8 Å². The van der Waals surface area contributed by atoms with Gasteiger partial charge in [-0.2, -0.15) is 0 Å². The molecule has 140 valence electrons. The monoisotopic (exact) mass is 431 g/mol. The first-order valence-electron chi connectivity index (χ1n) is 8.48. The van der Waals surface area contributed by atoms with Crippen molar-refractivity contribution in [2.75, 3.05) is 13.1 Å². The Kier molecular flexibility index (Phi) is 5.81. The van der Waals surface area contributed by atoms with Gasteiger partial charge in [-0.25, -0.2) is 4.79 Å². The van der Waals surface area contributed by atoms with Crippen molar-refractivity contribution < 1.29 is 18.7 Å². The number of rotatable bonds is 5. The molecule has 0 atom stereocenters. The van der Waals surface area contributed by atoms with E-state index >= 15 is 0 Å². The Balaban J connectivity index is 1.88. The van der Waals surface area contributed by atoms with Crippen molar-refractivity contribution in [3.05, 3.63) is 63.4 Å². The number of benzene rings is 2. The summed E-state index contributed by atoms with van der Waals surface area (Å²) in [5.74, 6) is 0.887. The number of para-hydroxylation sites is 1. The highest BCUT2D eigenvalue weighted by Gasteiger charge is 2.15. The molecule has 6 nitrogen and oxygen atoms in total. The fraction of sp³-hybridized carbons (Fsp3) is 0.200. The number of amides is 1. The van der Waals surface area contributed by atoms with Crippen LogP contribution in [0.2, 0.25) is 0 Å². The fourth-order valence-corrected chi connectivity index (χ4v) is 2.88. The van der Waals surface area contributed by atoms with Gasteiger partial charge in [0.05, 0.1) is 9.86 Å². The average molecular weight is 432 g/mol. The highest BCUT2D eigenvalue weighted by atomic mass is 79.9. The summed E-state index contributed by atoms with van der Waals surface area (Å²) in [6, 6.07) is 11.8. The number of carbonyl (C=O) groups is 1. The van der Waals surface area contributed by atoms with Crippen molar-refractivity contribution in [1.29, 1.82) is 0 Å². The zero-order valence-corrected chi connectivity index (χ0v) is 16.5. The van der Waals surface area contributed by atoms with E-state index in [0.29, 0.717) is 35.6 Å². The molecule has 0 N–H and O–H groups in total. The first kappa shape index (κ1) is 19.0. The molecule has 0 aliphatic heterocycles. The summed E-state index contributed by atoms with van der Waals surface area (Å²) in [5.41, 5.74) is -0.00190. The number of hydrogen-bond donors (Lipinski definition) is 0. The van der Waals surface area contributed by atoms with Gasteiger partial charge in [-0.1, -0.05) is 12.1 Å². The number of halogens is 1. The van der Waals surface area contributed by atoms with Crippen LogP contribution in [0.15, 0.2) is 62.4 Å². The second-order valence-electron chi connectivity index (χ2n) is 5.66. The summed E-state index contributed by atoms with van der Waals surface area (Å²) in [6.45, 7) is 4.84. The highest BCUT2D eigenvalue weighted by Crippen LogP contribution is 2.29. The summed E-state index contributed by atoms with van der Waals surface area (Å²) in [6.07, 6.45) is 0.802. The van der Waals surface area contributed by atoms with E-state index in [0.717, 1.165) is 4.47 Å². The predicted octanol–water partition coefficient (Wildman–Crippen LogP) is 5.19. The second kappa shape index (κ2) is 8.26. The minimum atomic E-state index is -0.449. The normalized spacial score (nSPS) is 10.6. The largest absolute Gasteiger partial charge is 0.460 e. The SMILES string of the molecule is CCN(CC)C(=O)Oc1ccc2c(=O)c(Oc3ccccc3Br)coc2c1. The Morgan fingerprint density at radius 3 is 2.56 bits per heavy atom. The van der Waals surface area contributed by atoms with Crippen molar-refractivity contribution in [3.8, 4) is 17.2 Å². The van der Waals surface area contributed by atoms with Crippen LogP contribution in [0.4, 0.5) is 4.79 Å². The zero-order chi connectivity index (χ0) is 19.4. The van der Waals surface area contributed by atoms with Crippen LogP contribution in [0.3, 0.4) is 0 Å². The Morgan fingerprint density at radius 2 is 1.85 bits per heavy atom. The molecular weight excluding hydrogens is 414 g/mol. The van der Waals surface area contributed by atoms with Crippen LogP contribution in [0, 0.1) is 0 Å². The van der Waals surface area contributed by atoms with Gasteiger partial charge in [0.1, 0.15) is 23.3 Å². The predicted molar refractivity (Wildman–Crippen MR) is 106 cm³/mol. The van der Waals surface area contributed by atoms with Crippen molar-refractivity contribution in [1.82, 2.24) is 4.90 Å². The Labute approximate surface area is 164 Å². The van der Waals surface area contributed by atoms with Crippen LogP contribution in [-0.4, -0.2) is 24.1 Å². The third-order valence-electron chi connectivity index (χ3n) is 4.00. The maximum absolute atomic E-state index is 12.7. The van der Waals surface area contributed by atoms with Crippen LogP contribution in [0.1, 0.15) is 13.8 Å². The Bertz CT molecular complexity index is 1030. The second-order valence-corrected chi connectivity index (χ2v) is 6.51. The molecule has 0 saturated heterocycles. The summed E-state index contributed by atoms with van der Waals surface area (Å²) >= 11 is 3.37. The third-order valence-corrected chi connectivity index (χ3v) is 4.65. The summed E-state index contributed by atoms with van der Waals surface area (Å²) in [7, 11) is 0. The molecule has 0 unspecified atom stereocenters. The average Bonchev–Trinajstić information content (AvgIpc) is 2.66. The van der Waals surface area contributed by atoms with E-state index < -0.39 is 6.09 Å². The standard InChI is InChI=1S/C20H18BrNO5/c1-3-22(4-2)20(24)26-13-9-10-14-17(11-13)25-12-18(19(14)23)27-16-8-6-5-7-15(16)21/h5-12H,3-4H2,1-2H3. The number of fused-ring (bicyclic) bond motifs is 1. The first-order chi connectivity index (χ1) is 13.0. The van der Waals surface area contributed by atoms with Crippen LogP contribution in [0.5, 0.6) is 17.2 Å². The van der Waals surface area contributed by atoms with Gasteiger partial charge in [-0.3, -0.25) is 4.79 Å². The molecule has 7 heteroatoms. The van der Waals surface area contributed by atoms with E-state index in [1.54, 1.807) is 29.2 Å². The molecule has 0 radical (unpaired) electrons. The first-order valence-corrected chi connectivity index (χ1v) is 9.27. The van der Waals surface area contributed by atoms with Crippen LogP contribution in [0.25, 0.3) is 11.0 Å². The van der Waals surface area contributed by atoms with Crippen LogP contribution >= 0.6 is 15.9 Å². The molecule has 0 spiro atoms. The highest BCUT2D eigenvalue weighted by molar-refractivity contribution is 9.10. The van der Waals surface area contributed by atoms with Gasteiger partial charge in [0.25, 0.3) is 0 Å². The molecule has 3 rings (SSSR count). The lowest BCUT2D eigenvalue weighted by atomic mass is 10.2. The Hall–Kier alpha value is -2.80. The van der Waals surface area contributed by atoms with Crippen molar-refractivity contribution in [3.63, 3.8) is 0 Å². The smallest absolute Gasteiger partial charge is 0.415 e. The molecule has 0 fully saturated rings. The van der Waals surface area contributed by atoms with Gasteiger partial charge in [-0.15, -0.1) is 0 Å². The van der Waals surface area contributed by atoms with Gasteiger partial charge in [0.2, 0.25) is 11.2 Å². The molecule has 0 saturated carbocycles. The molecular formula is C20H18BrNO5. The molecule has 0 aliphatic rings. The maximum atomic E-state index is 12.7. The van der Waals surface area contributed by atoms with E-state index in [9.17, 15) is 9.59 Å². The lowest BCUT2D eigenvalue weighted by molar-refractivity contribution is 0.157. The minimum absolute atomic E-state index is 0.0716. The number of ether oxygens (including phenoxy) is 2. The van der Waals surface area contributed by atoms with Crippen molar-refractivity contribution >= 4 is 33.0 Å². The van der Waals surface area contributed by atoms with Gasteiger partial charge in [-0.05, 0) is 54.0 Å². The molecule has 1 aromatic heterocycles. The summed E-state index contributed by atoms with van der Waals surface area (Å²) < 4.78 is 17.2. The number of carbonyl (C=O) groups excluding carboxylic acids is 1. The van der Waals surface area contributed by atoms with E-state index in [4.69, 9.17) is 13.9 Å². The molecule has 1 amide bonds. The topological polar surface area (TPSA) is 69.0 Å². The van der Waals surface area contributed by atoms with Gasteiger partial charge >= 0.3 is 6.09 Å². The minimum Gasteiger partial charge on any atom is -0.460 e.